The van der Waals surface area contributed by atoms with Gasteiger partial charge in [0.15, 0.2) is 11.5 Å². The zero-order chi connectivity index (χ0) is 18.8. The van der Waals surface area contributed by atoms with Crippen LogP contribution in [0.4, 0.5) is 4.39 Å². The Bertz CT molecular complexity index is 969. The van der Waals surface area contributed by atoms with Crippen molar-refractivity contribution in [1.82, 2.24) is 15.1 Å². The summed E-state index contributed by atoms with van der Waals surface area (Å²) in [4.78, 5) is 12.5. The lowest BCUT2D eigenvalue weighted by atomic mass is 10.2. The highest BCUT2D eigenvalue weighted by Crippen LogP contribution is 2.30. The first-order valence-corrected chi connectivity index (χ1v) is 8.59. The highest BCUT2D eigenvalue weighted by molar-refractivity contribution is 5.95. The van der Waals surface area contributed by atoms with Gasteiger partial charge in [0.25, 0.3) is 5.91 Å². The number of ether oxygens (including phenoxy) is 2. The van der Waals surface area contributed by atoms with E-state index in [2.05, 4.69) is 10.4 Å². The van der Waals surface area contributed by atoms with E-state index < -0.39 is 0 Å². The van der Waals surface area contributed by atoms with E-state index in [0.717, 1.165) is 0 Å². The van der Waals surface area contributed by atoms with Gasteiger partial charge in [0.05, 0.1) is 29.7 Å². The lowest BCUT2D eigenvalue weighted by molar-refractivity contribution is 0.0789. The van der Waals surface area contributed by atoms with Crippen molar-refractivity contribution in [3.63, 3.8) is 0 Å². The summed E-state index contributed by atoms with van der Waals surface area (Å²) in [6, 6.07) is 13.4. The molecule has 1 amide bonds. The third-order valence-corrected chi connectivity index (χ3v) is 4.38. The summed E-state index contributed by atoms with van der Waals surface area (Å²) in [6.45, 7) is 2.47. The molecular formula is C20H18FN3O3. The van der Waals surface area contributed by atoms with Crippen molar-refractivity contribution in [1.29, 1.82) is 0 Å². The number of rotatable bonds is 4. The minimum absolute atomic E-state index is 0.247. The molecular weight excluding hydrogens is 349 g/mol. The van der Waals surface area contributed by atoms with Gasteiger partial charge in [-0.25, -0.2) is 9.07 Å². The molecule has 0 spiro atoms. The summed E-state index contributed by atoms with van der Waals surface area (Å²) in [6.07, 6.45) is 1.23. The first-order valence-electron chi connectivity index (χ1n) is 8.59. The zero-order valence-electron chi connectivity index (χ0n) is 14.7. The van der Waals surface area contributed by atoms with E-state index >= 15 is 0 Å². The molecule has 7 heteroatoms. The highest BCUT2D eigenvalue weighted by Gasteiger charge is 2.22. The van der Waals surface area contributed by atoms with Crippen LogP contribution in [0.25, 0.3) is 5.69 Å². The summed E-state index contributed by atoms with van der Waals surface area (Å²) in [5, 5.41) is 7.10. The van der Waals surface area contributed by atoms with Crippen LogP contribution >= 0.6 is 0 Å². The van der Waals surface area contributed by atoms with E-state index in [1.807, 2.05) is 24.3 Å². The Morgan fingerprint density at radius 2 is 1.96 bits per heavy atom. The molecule has 1 atom stereocenters. The second-order valence-electron chi connectivity index (χ2n) is 6.24. The summed E-state index contributed by atoms with van der Waals surface area (Å²) in [5.74, 6) is 0.806. The fourth-order valence-electron chi connectivity index (χ4n) is 2.94. The molecule has 6 nitrogen and oxygen atoms in total. The van der Waals surface area contributed by atoms with Crippen LogP contribution in [0.1, 0.15) is 16.1 Å². The number of hydrogen-bond donors (Lipinski definition) is 1. The molecule has 27 heavy (non-hydrogen) atoms. The van der Waals surface area contributed by atoms with Gasteiger partial charge >= 0.3 is 0 Å². The number of benzene rings is 2. The molecule has 0 radical (unpaired) electrons. The van der Waals surface area contributed by atoms with Crippen molar-refractivity contribution in [3.8, 4) is 17.2 Å². The summed E-state index contributed by atoms with van der Waals surface area (Å²) >= 11 is 0. The molecule has 0 bridgehead atoms. The predicted octanol–water partition coefficient (Wildman–Crippen LogP) is 2.89. The van der Waals surface area contributed by atoms with Crippen LogP contribution in [0.5, 0.6) is 11.5 Å². The molecule has 1 aliphatic heterocycles. The number of carbonyl (C=O) groups is 1. The van der Waals surface area contributed by atoms with Gasteiger partial charge < -0.3 is 14.8 Å². The number of fused-ring (bicyclic) bond motifs is 1. The van der Waals surface area contributed by atoms with Crippen molar-refractivity contribution in [2.75, 3.05) is 13.2 Å². The average molecular weight is 367 g/mol. The van der Waals surface area contributed by atoms with Crippen molar-refractivity contribution in [3.05, 3.63) is 71.8 Å². The molecule has 3 aromatic rings. The van der Waals surface area contributed by atoms with Crippen LogP contribution < -0.4 is 14.8 Å². The molecule has 0 saturated carbocycles. The van der Waals surface area contributed by atoms with Crippen LogP contribution in [-0.2, 0) is 0 Å². The summed E-state index contributed by atoms with van der Waals surface area (Å²) in [5.41, 5.74) is 1.82. The first kappa shape index (κ1) is 17.1. The Morgan fingerprint density at radius 1 is 1.22 bits per heavy atom. The van der Waals surface area contributed by atoms with Crippen molar-refractivity contribution >= 4 is 5.91 Å². The number of nitrogens with zero attached hydrogens (tertiary/aromatic N) is 2. The third-order valence-electron chi connectivity index (χ3n) is 4.38. The number of halogens is 1. The molecule has 0 saturated heterocycles. The van der Waals surface area contributed by atoms with E-state index in [0.29, 0.717) is 41.6 Å². The van der Waals surface area contributed by atoms with Gasteiger partial charge in [-0.2, -0.15) is 5.10 Å². The lowest BCUT2D eigenvalue weighted by Gasteiger charge is -2.26. The second-order valence-corrected chi connectivity index (χ2v) is 6.24. The number of aromatic nitrogens is 2. The van der Waals surface area contributed by atoms with Crippen LogP contribution in [-0.4, -0.2) is 34.9 Å². The minimum atomic E-state index is -0.321. The predicted molar refractivity (Wildman–Crippen MR) is 96.9 cm³/mol. The number of nitrogens with one attached hydrogen (secondary N) is 1. The van der Waals surface area contributed by atoms with Crippen molar-refractivity contribution in [2.45, 2.75) is 13.0 Å². The Morgan fingerprint density at radius 3 is 2.74 bits per heavy atom. The molecule has 4 rings (SSSR count). The smallest absolute Gasteiger partial charge is 0.254 e. The van der Waals surface area contributed by atoms with Gasteiger partial charge in [0, 0.05) is 0 Å². The highest BCUT2D eigenvalue weighted by atomic mass is 19.1. The number of amides is 1. The molecule has 1 aromatic heterocycles. The maximum Gasteiger partial charge on any atom is 0.254 e. The molecule has 2 heterocycles. The third kappa shape index (κ3) is 3.48. The number of carbonyl (C=O) groups excluding carboxylic acids is 1. The SMILES string of the molecule is Cc1c(C(=O)NC[C@H]2COc3ccccc3O2)cnn1-c1ccc(F)cc1. The van der Waals surface area contributed by atoms with Crippen LogP contribution in [0.2, 0.25) is 0 Å². The normalized spacial score (nSPS) is 15.4. The first-order chi connectivity index (χ1) is 13.1. The van der Waals surface area contributed by atoms with Gasteiger partial charge in [-0.1, -0.05) is 12.1 Å². The van der Waals surface area contributed by atoms with E-state index in [1.54, 1.807) is 23.7 Å². The van der Waals surface area contributed by atoms with Crippen molar-refractivity contribution in [2.24, 2.45) is 0 Å². The largest absolute Gasteiger partial charge is 0.486 e. The second kappa shape index (κ2) is 7.11. The maximum atomic E-state index is 13.1. The number of hydrogen-bond acceptors (Lipinski definition) is 4. The minimum Gasteiger partial charge on any atom is -0.486 e. The van der Waals surface area contributed by atoms with E-state index in [1.165, 1.54) is 18.3 Å². The zero-order valence-corrected chi connectivity index (χ0v) is 14.7. The quantitative estimate of drug-likeness (QED) is 0.770. The molecule has 1 N–H and O–H groups in total. The standard InChI is InChI=1S/C20H18FN3O3/c1-13-17(11-23-24(13)15-8-6-14(21)7-9-15)20(25)22-10-16-12-26-18-4-2-3-5-19(18)27-16/h2-9,11,16H,10,12H2,1H3,(H,22,25)/t16-/m0/s1. The van der Waals surface area contributed by atoms with Crippen molar-refractivity contribution < 1.29 is 18.7 Å². The lowest BCUT2D eigenvalue weighted by Crippen LogP contribution is -2.40. The summed E-state index contributed by atoms with van der Waals surface area (Å²) in [7, 11) is 0. The van der Waals surface area contributed by atoms with E-state index in [9.17, 15) is 9.18 Å². The van der Waals surface area contributed by atoms with Gasteiger partial charge in [-0.3, -0.25) is 4.79 Å². The van der Waals surface area contributed by atoms with Crippen LogP contribution in [0.3, 0.4) is 0 Å². The van der Waals surface area contributed by atoms with E-state index in [4.69, 9.17) is 9.47 Å². The summed E-state index contributed by atoms with van der Waals surface area (Å²) < 4.78 is 26.2. The van der Waals surface area contributed by atoms with E-state index in [-0.39, 0.29) is 17.8 Å². The molecule has 0 unspecified atom stereocenters. The molecule has 2 aromatic carbocycles. The Hall–Kier alpha value is -3.35. The Balaban J connectivity index is 1.41. The molecule has 0 fully saturated rings. The average Bonchev–Trinajstić information content (AvgIpc) is 3.08. The van der Waals surface area contributed by atoms with Gasteiger partial charge in [0.1, 0.15) is 18.5 Å². The molecule has 138 valence electrons. The van der Waals surface area contributed by atoms with Gasteiger partial charge in [0.2, 0.25) is 0 Å². The molecule has 0 aliphatic carbocycles. The van der Waals surface area contributed by atoms with Gasteiger partial charge in [-0.15, -0.1) is 0 Å². The fourth-order valence-corrected chi connectivity index (χ4v) is 2.94. The van der Waals surface area contributed by atoms with Crippen LogP contribution in [0, 0.1) is 12.7 Å². The van der Waals surface area contributed by atoms with Crippen LogP contribution in [0.15, 0.2) is 54.7 Å². The monoisotopic (exact) mass is 367 g/mol. The maximum absolute atomic E-state index is 13.1. The van der Waals surface area contributed by atoms with Gasteiger partial charge in [-0.05, 0) is 43.3 Å². The number of para-hydroxylation sites is 2. The Kier molecular flexibility index (Phi) is 4.50. The molecule has 1 aliphatic rings. The Labute approximate surface area is 155 Å². The fraction of sp³-hybridized carbons (Fsp3) is 0.200. The topological polar surface area (TPSA) is 65.4 Å².